The number of fused-ring (bicyclic) bond motifs is 13. The minimum Gasteiger partial charge on any atom is -0.456 e. The summed E-state index contributed by atoms with van der Waals surface area (Å²) in [7, 11) is 0. The molecule has 3 aromatic heterocycles. The predicted molar refractivity (Wildman–Crippen MR) is 246 cm³/mol. The summed E-state index contributed by atoms with van der Waals surface area (Å²) in [6.07, 6.45) is 4.64. The van der Waals surface area contributed by atoms with Crippen LogP contribution in [0.15, 0.2) is 187 Å². The molecule has 5 nitrogen and oxygen atoms in total. The molecular formula is C52H30B2N4O. The fourth-order valence-electron chi connectivity index (χ4n) is 11.5. The average molecular weight is 748 g/mol. The lowest BCUT2D eigenvalue weighted by atomic mass is 9.41. The summed E-state index contributed by atoms with van der Waals surface area (Å²) in [5.74, 6) is 0. The first-order valence-corrected chi connectivity index (χ1v) is 20.5. The summed E-state index contributed by atoms with van der Waals surface area (Å²) >= 11 is 0. The Kier molecular flexibility index (Phi) is 5.51. The van der Waals surface area contributed by atoms with Crippen molar-refractivity contribution in [1.82, 2.24) is 8.96 Å². The van der Waals surface area contributed by atoms with Gasteiger partial charge in [0.05, 0.1) is 22.4 Å². The minimum atomic E-state index is -0.0820. The van der Waals surface area contributed by atoms with Crippen LogP contribution in [0.4, 0.5) is 34.1 Å². The van der Waals surface area contributed by atoms with Crippen molar-refractivity contribution in [3.05, 3.63) is 182 Å². The normalized spacial score (nSPS) is 14.0. The Balaban J connectivity index is 1.19. The number of aromatic nitrogens is 2. The molecule has 15 rings (SSSR count). The van der Waals surface area contributed by atoms with E-state index in [2.05, 4.69) is 201 Å². The molecule has 0 radical (unpaired) electrons. The summed E-state index contributed by atoms with van der Waals surface area (Å²) in [6, 6.07) is 62.8. The van der Waals surface area contributed by atoms with Crippen molar-refractivity contribution in [2.24, 2.45) is 0 Å². The Morgan fingerprint density at radius 3 is 1.78 bits per heavy atom. The number of benzene rings is 8. The van der Waals surface area contributed by atoms with E-state index in [-0.39, 0.29) is 13.7 Å². The van der Waals surface area contributed by atoms with Crippen molar-refractivity contribution in [3.63, 3.8) is 0 Å². The molecule has 11 aromatic rings. The Morgan fingerprint density at radius 1 is 0.407 bits per heavy atom. The smallest absolute Gasteiger partial charge is 0.332 e. The van der Waals surface area contributed by atoms with E-state index in [0.717, 1.165) is 33.3 Å². The molecule has 0 spiro atoms. The van der Waals surface area contributed by atoms with Gasteiger partial charge < -0.3 is 23.2 Å². The van der Waals surface area contributed by atoms with E-state index in [1.165, 1.54) is 88.7 Å². The van der Waals surface area contributed by atoms with Crippen LogP contribution in [-0.2, 0) is 0 Å². The van der Waals surface area contributed by atoms with Gasteiger partial charge in [-0.1, -0.05) is 115 Å². The zero-order valence-electron chi connectivity index (χ0n) is 31.7. The second-order valence-electron chi connectivity index (χ2n) is 16.4. The highest BCUT2D eigenvalue weighted by atomic mass is 16.3. The van der Waals surface area contributed by atoms with Gasteiger partial charge in [0.25, 0.3) is 0 Å². The van der Waals surface area contributed by atoms with E-state index < -0.39 is 0 Å². The minimum absolute atomic E-state index is 0.0546. The van der Waals surface area contributed by atoms with Crippen molar-refractivity contribution in [3.8, 4) is 22.3 Å². The van der Waals surface area contributed by atoms with E-state index in [0.29, 0.717) is 0 Å². The molecule has 4 aliphatic rings. The molecule has 0 amide bonds. The van der Waals surface area contributed by atoms with Crippen molar-refractivity contribution in [2.45, 2.75) is 0 Å². The van der Waals surface area contributed by atoms with Gasteiger partial charge in [-0.2, -0.15) is 0 Å². The van der Waals surface area contributed by atoms with Gasteiger partial charge in [0.15, 0.2) is 0 Å². The fourth-order valence-corrected chi connectivity index (χ4v) is 11.5. The zero-order chi connectivity index (χ0) is 38.1. The van der Waals surface area contributed by atoms with Crippen LogP contribution in [0.25, 0.3) is 66.0 Å². The topological polar surface area (TPSA) is 29.5 Å². The molecule has 0 unspecified atom stereocenters. The summed E-state index contributed by atoms with van der Waals surface area (Å²) in [5.41, 5.74) is 21.7. The van der Waals surface area contributed by atoms with Crippen LogP contribution in [0.1, 0.15) is 0 Å². The number of anilines is 6. The molecule has 0 bridgehead atoms. The second kappa shape index (κ2) is 10.6. The van der Waals surface area contributed by atoms with Crippen molar-refractivity contribution < 1.29 is 4.42 Å². The first kappa shape index (κ1) is 30.5. The first-order chi connectivity index (χ1) is 29.3. The monoisotopic (exact) mass is 748 g/mol. The van der Waals surface area contributed by atoms with Crippen LogP contribution in [-0.4, -0.2) is 22.7 Å². The Morgan fingerprint density at radius 2 is 1.03 bits per heavy atom. The molecular weight excluding hydrogens is 718 g/mol. The van der Waals surface area contributed by atoms with Crippen LogP contribution < -0.4 is 31.7 Å². The highest BCUT2D eigenvalue weighted by molar-refractivity contribution is 6.92. The maximum Gasteiger partial charge on any atom is 0.332 e. The number of para-hydroxylation sites is 5. The average Bonchev–Trinajstić information content (AvgIpc) is 4.03. The number of hydrogen-bond donors (Lipinski definition) is 0. The molecule has 0 fully saturated rings. The van der Waals surface area contributed by atoms with Crippen LogP contribution >= 0.6 is 0 Å². The van der Waals surface area contributed by atoms with Crippen LogP contribution in [0.2, 0.25) is 0 Å². The van der Waals surface area contributed by atoms with E-state index in [1.54, 1.807) is 0 Å². The van der Waals surface area contributed by atoms with Gasteiger partial charge in [0.1, 0.15) is 11.2 Å². The maximum atomic E-state index is 6.71. The third kappa shape index (κ3) is 3.62. The summed E-state index contributed by atoms with van der Waals surface area (Å²) in [4.78, 5) is 5.17. The van der Waals surface area contributed by atoms with Crippen LogP contribution in [0.5, 0.6) is 0 Å². The Bertz CT molecular complexity index is 3660. The molecule has 4 aliphatic heterocycles. The van der Waals surface area contributed by atoms with Crippen molar-refractivity contribution >= 4 is 113 Å². The van der Waals surface area contributed by atoms with E-state index in [1.807, 2.05) is 0 Å². The van der Waals surface area contributed by atoms with Crippen molar-refractivity contribution in [2.75, 3.05) is 9.80 Å². The lowest BCUT2D eigenvalue weighted by molar-refractivity contribution is 0.669. The van der Waals surface area contributed by atoms with Gasteiger partial charge in [-0.15, -0.1) is 0 Å². The summed E-state index contributed by atoms with van der Waals surface area (Å²) < 4.78 is 11.8. The third-order valence-corrected chi connectivity index (χ3v) is 13.7. The highest BCUT2D eigenvalue weighted by Crippen LogP contribution is 2.53. The highest BCUT2D eigenvalue weighted by Gasteiger charge is 2.50. The van der Waals surface area contributed by atoms with E-state index in [9.17, 15) is 0 Å². The molecule has 59 heavy (non-hydrogen) atoms. The third-order valence-electron chi connectivity index (χ3n) is 13.7. The van der Waals surface area contributed by atoms with Gasteiger partial charge in [-0.25, -0.2) is 0 Å². The standard InChI is InChI=1S/C52H30B2N4O/c1-3-14-33(15-4-1)57-42-22-11-19-35-36-20-9-12-31-27-29-56(48(31)36)54(46(35)42)41-30-39-37-21-10-13-32-26-28-55(49(32)37)53-40-24-25-44-45(38-18-7-8-23-43(38)59-44)50(40)58(34-16-5-2-6-17-34)52(47(39)53)51(41)57/h1-30H. The number of nitrogens with zero attached hydrogens (tertiary/aromatic N) is 4. The van der Waals surface area contributed by atoms with Crippen LogP contribution in [0, 0.1) is 0 Å². The SMILES string of the molecule is c1ccc(N2c3cccc4c3B(c3cc5c6c(c32)N(c2ccccc2)c2c(ccc3oc7ccccc7c23)B6n2ccc3cccc-5c32)n2ccc3cccc-4c32)cc1. The van der Waals surface area contributed by atoms with Crippen LogP contribution in [0.3, 0.4) is 0 Å². The molecule has 0 saturated heterocycles. The maximum absolute atomic E-state index is 6.71. The zero-order valence-corrected chi connectivity index (χ0v) is 31.7. The lowest BCUT2D eigenvalue weighted by Gasteiger charge is -2.47. The van der Waals surface area contributed by atoms with Gasteiger partial charge in [0.2, 0.25) is 0 Å². The Labute approximate surface area is 339 Å². The van der Waals surface area contributed by atoms with Gasteiger partial charge >= 0.3 is 13.7 Å². The molecule has 0 aliphatic carbocycles. The summed E-state index contributed by atoms with van der Waals surface area (Å²) in [6.45, 7) is -0.137. The van der Waals surface area contributed by atoms with Gasteiger partial charge in [-0.3, -0.25) is 0 Å². The quantitative estimate of drug-likeness (QED) is 0.165. The molecule has 7 heterocycles. The van der Waals surface area contributed by atoms with Gasteiger partial charge in [-0.05, 0) is 111 Å². The molecule has 0 saturated carbocycles. The molecule has 7 heteroatoms. The van der Waals surface area contributed by atoms with Gasteiger partial charge in [0, 0.05) is 44.6 Å². The predicted octanol–water partition coefficient (Wildman–Crippen LogP) is 10.3. The van der Waals surface area contributed by atoms with Crippen molar-refractivity contribution in [1.29, 1.82) is 0 Å². The molecule has 270 valence electrons. The number of rotatable bonds is 2. The second-order valence-corrected chi connectivity index (χ2v) is 16.4. The fraction of sp³-hybridized carbons (Fsp3) is 0. The molecule has 8 aromatic carbocycles. The van der Waals surface area contributed by atoms with E-state index in [4.69, 9.17) is 4.42 Å². The molecule has 0 N–H and O–H groups in total. The molecule has 0 atom stereocenters. The summed E-state index contributed by atoms with van der Waals surface area (Å²) in [5, 5.41) is 4.78. The first-order valence-electron chi connectivity index (χ1n) is 20.5. The Hall–Kier alpha value is -7.63. The van der Waals surface area contributed by atoms with E-state index >= 15 is 0 Å². The number of furan rings is 1. The largest absolute Gasteiger partial charge is 0.456 e. The number of hydrogen-bond acceptors (Lipinski definition) is 3. The lowest BCUT2D eigenvalue weighted by Crippen LogP contribution is -2.61.